The van der Waals surface area contributed by atoms with Crippen LogP contribution in [0.25, 0.3) is 11.5 Å². The van der Waals surface area contributed by atoms with Gasteiger partial charge in [0.05, 0.1) is 29.3 Å². The van der Waals surface area contributed by atoms with Crippen LogP contribution in [0.1, 0.15) is 17.1 Å². The van der Waals surface area contributed by atoms with Crippen molar-refractivity contribution in [3.8, 4) is 5.69 Å². The number of H-pyrrole nitrogens is 1. The van der Waals surface area contributed by atoms with E-state index in [9.17, 15) is 9.18 Å². The normalized spacial score (nSPS) is 11.2. The molecule has 3 heterocycles. The van der Waals surface area contributed by atoms with Gasteiger partial charge in [0.2, 0.25) is 5.95 Å². The van der Waals surface area contributed by atoms with Crippen LogP contribution in [0.3, 0.4) is 0 Å². The third-order valence-electron chi connectivity index (χ3n) is 4.22. The molecule has 0 saturated carbocycles. The molecule has 0 aliphatic carbocycles. The van der Waals surface area contributed by atoms with E-state index in [1.807, 2.05) is 13.8 Å². The predicted octanol–water partition coefficient (Wildman–Crippen LogP) is 1.55. The average molecular weight is 368 g/mol. The van der Waals surface area contributed by atoms with Gasteiger partial charge in [-0.2, -0.15) is 14.6 Å². The molecule has 0 spiro atoms. The van der Waals surface area contributed by atoms with Crippen LogP contribution in [0.15, 0.2) is 35.1 Å². The second kappa shape index (κ2) is 6.24. The highest BCUT2D eigenvalue weighted by atomic mass is 19.1. The number of benzene rings is 1. The Labute approximate surface area is 152 Å². The molecule has 27 heavy (non-hydrogen) atoms. The summed E-state index contributed by atoms with van der Waals surface area (Å²) >= 11 is 0. The number of aryl methyl sites for hydroxylation is 1. The number of fused-ring (bicyclic) bond motifs is 1. The Morgan fingerprint density at radius 1 is 1.26 bits per heavy atom. The molecule has 4 aromatic rings. The third kappa shape index (κ3) is 2.90. The van der Waals surface area contributed by atoms with Gasteiger partial charge in [0.15, 0.2) is 0 Å². The first-order chi connectivity index (χ1) is 12.9. The molecule has 0 aliphatic rings. The molecule has 0 unspecified atom stereocenters. The fraction of sp³-hybridized carbons (Fsp3) is 0.176. The van der Waals surface area contributed by atoms with Crippen molar-refractivity contribution in [1.29, 1.82) is 0 Å². The number of aromatic amines is 1. The van der Waals surface area contributed by atoms with Crippen LogP contribution >= 0.6 is 0 Å². The SMILES string of the molecule is Cc1nn(-c2ccccc2F)c(C)c1NCc1cc(=O)n2[nH]c(N)nc2n1. The number of nitrogens with two attached hydrogens (primary N) is 1. The number of nitrogen functional groups attached to an aromatic ring is 1. The van der Waals surface area contributed by atoms with Gasteiger partial charge in [0.1, 0.15) is 11.5 Å². The zero-order chi connectivity index (χ0) is 19.1. The number of aromatic nitrogens is 6. The molecule has 4 rings (SSSR count). The van der Waals surface area contributed by atoms with Crippen LogP contribution in [0.5, 0.6) is 0 Å². The van der Waals surface area contributed by atoms with Gasteiger partial charge in [-0.3, -0.25) is 9.89 Å². The van der Waals surface area contributed by atoms with Crippen molar-refractivity contribution in [3.05, 3.63) is 63.6 Å². The quantitative estimate of drug-likeness (QED) is 0.503. The molecule has 0 radical (unpaired) electrons. The Hall–Kier alpha value is -3.69. The molecule has 0 bridgehead atoms. The standard InChI is InChI=1S/C17H17FN8O/c1-9-15(10(2)25(23-9)13-6-4-3-5-12(13)18)20-8-11-7-14(27)26-17(21-11)22-16(19)24-26/h3-7,20H,8H2,1-2H3,(H3,19,21,22,24). The molecule has 0 saturated heterocycles. The third-order valence-corrected chi connectivity index (χ3v) is 4.22. The first kappa shape index (κ1) is 16.8. The summed E-state index contributed by atoms with van der Waals surface area (Å²) in [7, 11) is 0. The Balaban J connectivity index is 1.64. The minimum Gasteiger partial charge on any atom is -0.376 e. The number of hydrogen-bond acceptors (Lipinski definition) is 6. The maximum Gasteiger partial charge on any atom is 0.274 e. The first-order valence-electron chi connectivity index (χ1n) is 8.23. The van der Waals surface area contributed by atoms with Gasteiger partial charge in [-0.15, -0.1) is 0 Å². The number of hydrogen-bond donors (Lipinski definition) is 3. The second-order valence-corrected chi connectivity index (χ2v) is 6.09. The van der Waals surface area contributed by atoms with E-state index in [4.69, 9.17) is 5.73 Å². The molecular weight excluding hydrogens is 351 g/mol. The monoisotopic (exact) mass is 368 g/mol. The average Bonchev–Trinajstić information content (AvgIpc) is 3.13. The lowest BCUT2D eigenvalue weighted by Gasteiger charge is -2.08. The number of anilines is 2. The lowest BCUT2D eigenvalue weighted by atomic mass is 10.2. The second-order valence-electron chi connectivity index (χ2n) is 6.09. The van der Waals surface area contributed by atoms with Crippen molar-refractivity contribution in [2.45, 2.75) is 20.4 Å². The predicted molar refractivity (Wildman–Crippen MR) is 98.3 cm³/mol. The van der Waals surface area contributed by atoms with E-state index in [0.29, 0.717) is 17.1 Å². The van der Waals surface area contributed by atoms with E-state index in [-0.39, 0.29) is 29.6 Å². The Morgan fingerprint density at radius 2 is 2.04 bits per heavy atom. The fourth-order valence-corrected chi connectivity index (χ4v) is 2.97. The molecular formula is C17H17FN8O. The van der Waals surface area contributed by atoms with E-state index < -0.39 is 0 Å². The molecule has 3 aromatic heterocycles. The lowest BCUT2D eigenvalue weighted by Crippen LogP contribution is -2.17. The van der Waals surface area contributed by atoms with Gasteiger partial charge in [-0.25, -0.2) is 14.1 Å². The number of nitrogens with one attached hydrogen (secondary N) is 2. The smallest absolute Gasteiger partial charge is 0.274 e. The van der Waals surface area contributed by atoms with E-state index in [1.54, 1.807) is 22.9 Å². The van der Waals surface area contributed by atoms with Crippen LogP contribution in [0, 0.1) is 19.7 Å². The first-order valence-corrected chi connectivity index (χ1v) is 8.23. The van der Waals surface area contributed by atoms with Crippen LogP contribution in [0.2, 0.25) is 0 Å². The van der Waals surface area contributed by atoms with E-state index in [2.05, 4.69) is 25.5 Å². The van der Waals surface area contributed by atoms with Gasteiger partial charge in [0, 0.05) is 6.07 Å². The summed E-state index contributed by atoms with van der Waals surface area (Å²) in [5.74, 6) is -0.0410. The van der Waals surface area contributed by atoms with E-state index in [0.717, 1.165) is 11.4 Å². The topological polar surface area (TPSA) is 119 Å². The zero-order valence-electron chi connectivity index (χ0n) is 14.7. The number of para-hydroxylation sites is 1. The summed E-state index contributed by atoms with van der Waals surface area (Å²) in [4.78, 5) is 20.4. The van der Waals surface area contributed by atoms with Crippen LogP contribution in [0.4, 0.5) is 16.0 Å². The largest absolute Gasteiger partial charge is 0.376 e. The number of rotatable bonds is 4. The Morgan fingerprint density at radius 3 is 2.81 bits per heavy atom. The summed E-state index contributed by atoms with van der Waals surface area (Å²) in [5, 5.41) is 10.3. The highest BCUT2D eigenvalue weighted by Gasteiger charge is 2.15. The fourth-order valence-electron chi connectivity index (χ4n) is 2.97. The van der Waals surface area contributed by atoms with Gasteiger partial charge in [-0.05, 0) is 26.0 Å². The molecule has 0 amide bonds. The zero-order valence-corrected chi connectivity index (χ0v) is 14.7. The summed E-state index contributed by atoms with van der Waals surface area (Å²) in [6.07, 6.45) is 0. The molecule has 0 atom stereocenters. The minimum absolute atomic E-state index is 0.113. The number of halogens is 1. The summed E-state index contributed by atoms with van der Waals surface area (Å²) < 4.78 is 16.8. The van der Waals surface area contributed by atoms with Crippen molar-refractivity contribution in [2.24, 2.45) is 0 Å². The van der Waals surface area contributed by atoms with E-state index in [1.165, 1.54) is 16.6 Å². The van der Waals surface area contributed by atoms with Crippen molar-refractivity contribution >= 4 is 17.4 Å². The Bertz CT molecular complexity index is 1210. The molecule has 0 aliphatic heterocycles. The van der Waals surface area contributed by atoms with Crippen LogP contribution in [-0.2, 0) is 6.54 Å². The molecule has 9 nitrogen and oxygen atoms in total. The maximum absolute atomic E-state index is 14.1. The van der Waals surface area contributed by atoms with Crippen molar-refractivity contribution in [3.63, 3.8) is 0 Å². The van der Waals surface area contributed by atoms with Crippen molar-refractivity contribution in [2.75, 3.05) is 11.1 Å². The highest BCUT2D eigenvalue weighted by molar-refractivity contribution is 5.55. The van der Waals surface area contributed by atoms with Crippen LogP contribution in [-0.4, -0.2) is 29.4 Å². The molecule has 1 aromatic carbocycles. The van der Waals surface area contributed by atoms with Gasteiger partial charge < -0.3 is 11.1 Å². The molecule has 4 N–H and O–H groups in total. The number of nitrogens with zero attached hydrogens (tertiary/aromatic N) is 5. The Kier molecular flexibility index (Phi) is 3.87. The molecule has 0 fully saturated rings. The van der Waals surface area contributed by atoms with Gasteiger partial charge in [0.25, 0.3) is 11.3 Å². The summed E-state index contributed by atoms with van der Waals surface area (Å²) in [6, 6.07) is 7.83. The van der Waals surface area contributed by atoms with Crippen LogP contribution < -0.4 is 16.6 Å². The lowest BCUT2D eigenvalue weighted by molar-refractivity contribution is 0.608. The maximum atomic E-state index is 14.1. The van der Waals surface area contributed by atoms with Gasteiger partial charge in [-0.1, -0.05) is 12.1 Å². The minimum atomic E-state index is -0.356. The van der Waals surface area contributed by atoms with Gasteiger partial charge >= 0.3 is 0 Å². The van der Waals surface area contributed by atoms with Crippen molar-refractivity contribution < 1.29 is 4.39 Å². The summed E-state index contributed by atoms with van der Waals surface area (Å²) in [6.45, 7) is 3.95. The van der Waals surface area contributed by atoms with Crippen molar-refractivity contribution in [1.82, 2.24) is 29.4 Å². The van der Waals surface area contributed by atoms with E-state index >= 15 is 0 Å². The highest BCUT2D eigenvalue weighted by Crippen LogP contribution is 2.24. The summed E-state index contributed by atoms with van der Waals surface area (Å²) in [5.41, 5.74) is 8.33. The molecule has 10 heteroatoms. The molecule has 138 valence electrons.